The zero-order valence-electron chi connectivity index (χ0n) is 11.1. The van der Waals surface area contributed by atoms with Crippen LogP contribution in [0.25, 0.3) is 0 Å². The van der Waals surface area contributed by atoms with Crippen LogP contribution in [0.3, 0.4) is 0 Å². The number of amides is 2. The van der Waals surface area contributed by atoms with Crippen LogP contribution in [0.1, 0.15) is 20.3 Å². The lowest BCUT2D eigenvalue weighted by Gasteiger charge is -2.34. The number of carbonyl (C=O) groups excluding carboxylic acids is 1. The van der Waals surface area contributed by atoms with E-state index < -0.39 is 0 Å². The monoisotopic (exact) mass is 283 g/mol. The third kappa shape index (κ3) is 3.70. The van der Waals surface area contributed by atoms with Crippen LogP contribution in [0.5, 0.6) is 0 Å². The molecule has 6 nitrogen and oxygen atoms in total. The van der Waals surface area contributed by atoms with Crippen LogP contribution >= 0.6 is 11.6 Å². The topological polar surface area (TPSA) is 70.2 Å². The lowest BCUT2D eigenvalue weighted by atomic mass is 9.92. The number of nitrogens with zero attached hydrogens (tertiary/aromatic N) is 3. The Bertz CT molecular complexity index is 446. The van der Waals surface area contributed by atoms with Gasteiger partial charge in [0.1, 0.15) is 0 Å². The van der Waals surface area contributed by atoms with Crippen LogP contribution in [-0.4, -0.2) is 34.0 Å². The highest BCUT2D eigenvalue weighted by Gasteiger charge is 2.25. The number of hydrogen-bond donors (Lipinski definition) is 2. The second-order valence-electron chi connectivity index (χ2n) is 5.10. The lowest BCUT2D eigenvalue weighted by Crippen LogP contribution is -2.49. The maximum atomic E-state index is 12.0. The van der Waals surface area contributed by atoms with Gasteiger partial charge in [-0.25, -0.2) is 14.8 Å². The molecule has 2 amide bonds. The van der Waals surface area contributed by atoms with Gasteiger partial charge in [-0.1, -0.05) is 25.4 Å². The fourth-order valence-corrected chi connectivity index (χ4v) is 2.58. The van der Waals surface area contributed by atoms with Crippen LogP contribution in [0.15, 0.2) is 12.4 Å². The molecular weight excluding hydrogens is 266 g/mol. The summed E-state index contributed by atoms with van der Waals surface area (Å²) in [6.07, 6.45) is 4.15. The molecule has 2 N–H and O–H groups in total. The molecule has 0 radical (unpaired) electrons. The third-order valence-corrected chi connectivity index (χ3v) is 3.37. The molecule has 1 aliphatic heterocycles. The number of nitrogens with one attached hydrogen (secondary N) is 2. The lowest BCUT2D eigenvalue weighted by molar-refractivity contribution is 0.147. The molecule has 0 saturated carbocycles. The van der Waals surface area contributed by atoms with Crippen LogP contribution in [0, 0.1) is 11.8 Å². The molecule has 1 aromatic heterocycles. The van der Waals surface area contributed by atoms with Crippen molar-refractivity contribution in [2.75, 3.05) is 18.5 Å². The van der Waals surface area contributed by atoms with Crippen molar-refractivity contribution in [2.45, 2.75) is 20.3 Å². The Morgan fingerprint density at radius 2 is 1.95 bits per heavy atom. The normalized spacial score (nSPS) is 23.0. The highest BCUT2D eigenvalue weighted by Crippen LogP contribution is 2.20. The average molecular weight is 284 g/mol. The molecule has 0 aliphatic carbocycles. The Hall–Kier alpha value is -1.56. The van der Waals surface area contributed by atoms with Crippen molar-refractivity contribution in [1.82, 2.24) is 20.3 Å². The number of likely N-dealkylation sites (tertiary alicyclic amines) is 1. The molecule has 0 unspecified atom stereocenters. The predicted molar refractivity (Wildman–Crippen MR) is 73.7 cm³/mol. The van der Waals surface area contributed by atoms with Gasteiger partial charge in [0.25, 0.3) is 0 Å². The second-order valence-corrected chi connectivity index (χ2v) is 5.46. The average Bonchev–Trinajstić information content (AvgIpc) is 2.36. The van der Waals surface area contributed by atoms with E-state index in [1.54, 1.807) is 4.90 Å². The standard InChI is InChI=1S/C12H18ClN5O/c1-8-5-9(2)7-18(6-8)12(19)17-16-11-10(13)14-3-4-15-11/h3-4,8-9H,5-7H2,1-2H3,(H,15,16)(H,17,19)/t8-,9+. The zero-order valence-corrected chi connectivity index (χ0v) is 11.8. The number of anilines is 1. The number of halogens is 1. The maximum Gasteiger partial charge on any atom is 0.336 e. The molecule has 0 aromatic carbocycles. The van der Waals surface area contributed by atoms with E-state index in [1.165, 1.54) is 12.4 Å². The Kier molecular flexibility index (Phi) is 4.42. The van der Waals surface area contributed by atoms with Gasteiger partial charge in [-0.3, -0.25) is 10.9 Å². The molecule has 0 bridgehead atoms. The molecule has 2 atom stereocenters. The van der Waals surface area contributed by atoms with E-state index in [1.807, 2.05) is 0 Å². The van der Waals surface area contributed by atoms with Crippen molar-refractivity contribution in [3.63, 3.8) is 0 Å². The van der Waals surface area contributed by atoms with Crippen LogP contribution in [0.2, 0.25) is 5.15 Å². The molecular formula is C12H18ClN5O. The summed E-state index contributed by atoms with van der Waals surface area (Å²) in [6, 6.07) is -0.167. The number of urea groups is 1. The first-order valence-corrected chi connectivity index (χ1v) is 6.71. The van der Waals surface area contributed by atoms with Crippen LogP contribution < -0.4 is 10.9 Å². The number of carbonyl (C=O) groups is 1. The van der Waals surface area contributed by atoms with Crippen molar-refractivity contribution in [3.8, 4) is 0 Å². The van der Waals surface area contributed by atoms with Gasteiger partial charge >= 0.3 is 6.03 Å². The highest BCUT2D eigenvalue weighted by molar-refractivity contribution is 6.31. The smallest absolute Gasteiger partial charge is 0.323 e. The number of hydrogen-bond acceptors (Lipinski definition) is 4. The Labute approximate surface area is 117 Å². The fraction of sp³-hybridized carbons (Fsp3) is 0.583. The van der Waals surface area contributed by atoms with Crippen molar-refractivity contribution >= 4 is 23.4 Å². The SMILES string of the molecule is C[C@@H]1C[C@H](C)CN(C(=O)NNc2nccnc2Cl)C1. The zero-order chi connectivity index (χ0) is 13.8. The van der Waals surface area contributed by atoms with Gasteiger partial charge in [0.15, 0.2) is 11.0 Å². The largest absolute Gasteiger partial charge is 0.336 e. The minimum atomic E-state index is -0.167. The van der Waals surface area contributed by atoms with E-state index in [2.05, 4.69) is 34.7 Å². The van der Waals surface area contributed by atoms with Gasteiger partial charge in [0.2, 0.25) is 0 Å². The van der Waals surface area contributed by atoms with E-state index in [4.69, 9.17) is 11.6 Å². The Morgan fingerprint density at radius 1 is 1.32 bits per heavy atom. The van der Waals surface area contributed by atoms with Crippen molar-refractivity contribution in [1.29, 1.82) is 0 Å². The molecule has 1 saturated heterocycles. The first-order valence-electron chi connectivity index (χ1n) is 6.33. The molecule has 0 spiro atoms. The Morgan fingerprint density at radius 3 is 2.58 bits per heavy atom. The van der Waals surface area contributed by atoms with Gasteiger partial charge in [0, 0.05) is 25.5 Å². The van der Waals surface area contributed by atoms with E-state index in [-0.39, 0.29) is 11.2 Å². The van der Waals surface area contributed by atoms with Gasteiger partial charge in [-0.05, 0) is 18.3 Å². The first kappa shape index (κ1) is 13.9. The second kappa shape index (κ2) is 6.06. The van der Waals surface area contributed by atoms with Crippen molar-refractivity contribution in [3.05, 3.63) is 17.5 Å². The Balaban J connectivity index is 1.89. The molecule has 1 fully saturated rings. The molecule has 2 heterocycles. The molecule has 1 aromatic rings. The van der Waals surface area contributed by atoms with Gasteiger partial charge in [-0.2, -0.15) is 0 Å². The summed E-state index contributed by atoms with van der Waals surface area (Å²) < 4.78 is 0. The molecule has 1 aliphatic rings. The van der Waals surface area contributed by atoms with Gasteiger partial charge < -0.3 is 4.90 Å². The van der Waals surface area contributed by atoms with Crippen molar-refractivity contribution in [2.24, 2.45) is 11.8 Å². The predicted octanol–water partition coefficient (Wildman–Crippen LogP) is 2.14. The quantitative estimate of drug-likeness (QED) is 0.816. The first-order chi connectivity index (χ1) is 9.06. The number of hydrazine groups is 1. The summed E-state index contributed by atoms with van der Waals surface area (Å²) >= 11 is 5.84. The summed E-state index contributed by atoms with van der Waals surface area (Å²) in [5, 5.41) is 0.225. The summed E-state index contributed by atoms with van der Waals surface area (Å²) in [6.45, 7) is 5.85. The molecule has 2 rings (SSSR count). The van der Waals surface area contributed by atoms with Crippen molar-refractivity contribution < 1.29 is 4.79 Å². The number of rotatable bonds is 2. The van der Waals surface area contributed by atoms with E-state index in [9.17, 15) is 4.79 Å². The molecule has 7 heteroatoms. The minimum absolute atomic E-state index is 0.167. The summed E-state index contributed by atoms with van der Waals surface area (Å²) in [4.78, 5) is 21.7. The minimum Gasteiger partial charge on any atom is -0.323 e. The number of piperidine rings is 1. The fourth-order valence-electron chi connectivity index (χ4n) is 2.43. The summed E-state index contributed by atoms with van der Waals surface area (Å²) in [7, 11) is 0. The highest BCUT2D eigenvalue weighted by atomic mass is 35.5. The summed E-state index contributed by atoms with van der Waals surface area (Å²) in [5.41, 5.74) is 5.29. The van der Waals surface area contributed by atoms with Gasteiger partial charge in [0.05, 0.1) is 0 Å². The molecule has 19 heavy (non-hydrogen) atoms. The maximum absolute atomic E-state index is 12.0. The number of aromatic nitrogens is 2. The van der Waals surface area contributed by atoms with Gasteiger partial charge in [-0.15, -0.1) is 0 Å². The van der Waals surface area contributed by atoms with Crippen LogP contribution in [0.4, 0.5) is 10.6 Å². The van der Waals surface area contributed by atoms with E-state index in [0.29, 0.717) is 17.7 Å². The third-order valence-electron chi connectivity index (χ3n) is 3.10. The summed E-state index contributed by atoms with van der Waals surface area (Å²) in [5.74, 6) is 1.39. The van der Waals surface area contributed by atoms with Crippen LogP contribution in [-0.2, 0) is 0 Å². The molecule has 104 valence electrons. The van der Waals surface area contributed by atoms with E-state index in [0.717, 1.165) is 19.5 Å². The van der Waals surface area contributed by atoms with E-state index >= 15 is 0 Å².